The van der Waals surface area contributed by atoms with Gasteiger partial charge in [0.15, 0.2) is 11.6 Å². The number of nitriles is 1. The minimum Gasteiger partial charge on any atom is -0.489 e. The maximum Gasteiger partial charge on any atom is 0.319 e. The second-order valence-corrected chi connectivity index (χ2v) is 13.8. The van der Waals surface area contributed by atoms with E-state index in [1.165, 1.54) is 11.0 Å². The van der Waals surface area contributed by atoms with Crippen LogP contribution in [0.1, 0.15) is 37.7 Å². The summed E-state index contributed by atoms with van der Waals surface area (Å²) in [7, 11) is 0. The van der Waals surface area contributed by atoms with Crippen LogP contribution in [0.5, 0.6) is 11.8 Å². The van der Waals surface area contributed by atoms with E-state index in [0.717, 1.165) is 30.4 Å². The summed E-state index contributed by atoms with van der Waals surface area (Å²) in [5.74, 6) is -1.62. The van der Waals surface area contributed by atoms with Gasteiger partial charge in [-0.1, -0.05) is 17.7 Å². The zero-order valence-electron chi connectivity index (χ0n) is 24.1. The van der Waals surface area contributed by atoms with E-state index in [1.807, 2.05) is 11.0 Å². The van der Waals surface area contributed by atoms with E-state index in [0.29, 0.717) is 19.4 Å². The molecule has 240 valence electrons. The second-order valence-electron chi connectivity index (χ2n) is 12.4. The first-order valence-electron chi connectivity index (χ1n) is 15.0. The van der Waals surface area contributed by atoms with Crippen LogP contribution < -0.4 is 20.1 Å². The van der Waals surface area contributed by atoms with Gasteiger partial charge >= 0.3 is 6.01 Å². The number of thiophene rings is 1. The van der Waals surface area contributed by atoms with Crippen molar-refractivity contribution >= 4 is 54.7 Å². The molecule has 0 bridgehead atoms. The van der Waals surface area contributed by atoms with Gasteiger partial charge in [-0.05, 0) is 43.9 Å². The molecule has 8 rings (SSSR count). The molecule has 3 saturated heterocycles. The third-order valence-electron chi connectivity index (χ3n) is 9.87. The predicted octanol–water partition coefficient (Wildman–Crippen LogP) is 6.85. The smallest absolute Gasteiger partial charge is 0.319 e. The predicted molar refractivity (Wildman–Crippen MR) is 164 cm³/mol. The highest BCUT2D eigenvalue weighted by Gasteiger charge is 2.50. The second kappa shape index (κ2) is 10.7. The number of fused-ring (bicyclic) bond motifs is 4. The molecule has 8 nitrogen and oxygen atoms in total. The van der Waals surface area contributed by atoms with Crippen molar-refractivity contribution < 1.29 is 31.4 Å². The average Bonchev–Trinajstić information content (AvgIpc) is 3.75. The molecule has 2 aromatic carbocycles. The van der Waals surface area contributed by atoms with E-state index in [2.05, 4.69) is 9.97 Å². The van der Waals surface area contributed by atoms with Crippen molar-refractivity contribution in [1.29, 1.82) is 5.26 Å². The number of nitrogens with two attached hydrogens (primary N) is 1. The minimum absolute atomic E-state index is 0.00249. The molecule has 0 saturated carbocycles. The molecule has 0 spiro atoms. The number of ether oxygens (including phenoxy) is 2. The van der Waals surface area contributed by atoms with E-state index in [4.69, 9.17) is 26.8 Å². The molecule has 4 aromatic rings. The van der Waals surface area contributed by atoms with Crippen molar-refractivity contribution in [3.8, 4) is 29.0 Å². The molecular formula is C31H26ClF5N6O2S. The van der Waals surface area contributed by atoms with E-state index in [9.17, 15) is 22.8 Å². The summed E-state index contributed by atoms with van der Waals surface area (Å²) in [5.41, 5.74) is 5.00. The number of anilines is 2. The van der Waals surface area contributed by atoms with Crippen molar-refractivity contribution in [2.24, 2.45) is 0 Å². The summed E-state index contributed by atoms with van der Waals surface area (Å²) in [6.07, 6.45) is -1.37. The Hall–Kier alpha value is -3.67. The molecule has 6 heterocycles. The van der Waals surface area contributed by atoms with Gasteiger partial charge < -0.3 is 20.1 Å². The number of nitrogen functional groups attached to an aromatic ring is 1. The molecule has 2 N–H and O–H groups in total. The zero-order chi connectivity index (χ0) is 32.1. The molecule has 46 heavy (non-hydrogen) atoms. The minimum atomic E-state index is -2.73. The third kappa shape index (κ3) is 4.24. The normalized spacial score (nSPS) is 25.6. The monoisotopic (exact) mass is 676 g/mol. The van der Waals surface area contributed by atoms with Crippen molar-refractivity contribution in [3.63, 3.8) is 0 Å². The highest BCUT2D eigenvalue weighted by atomic mass is 35.5. The van der Waals surface area contributed by atoms with Crippen LogP contribution >= 0.6 is 22.9 Å². The number of hydrogen-bond donors (Lipinski definition) is 1. The largest absolute Gasteiger partial charge is 0.489 e. The number of benzene rings is 2. The first-order valence-corrected chi connectivity index (χ1v) is 16.2. The Kier molecular flexibility index (Phi) is 6.90. The van der Waals surface area contributed by atoms with E-state index in [-0.39, 0.29) is 91.3 Å². The molecule has 0 radical (unpaired) electrons. The van der Waals surface area contributed by atoms with Gasteiger partial charge in [-0.2, -0.15) is 15.2 Å². The first kappa shape index (κ1) is 29.7. The lowest BCUT2D eigenvalue weighted by atomic mass is 9.95. The van der Waals surface area contributed by atoms with E-state index >= 15 is 4.39 Å². The number of nitrogens with zero attached hydrogens (tertiary/aromatic N) is 5. The van der Waals surface area contributed by atoms with Crippen LogP contribution in [0.15, 0.2) is 12.1 Å². The number of aromatic nitrogens is 2. The lowest BCUT2D eigenvalue weighted by molar-refractivity contribution is 0.107. The highest BCUT2D eigenvalue weighted by molar-refractivity contribution is 7.23. The lowest BCUT2D eigenvalue weighted by Gasteiger charge is -2.32. The fraction of sp³-hybridized carbons (Fsp3) is 0.452. The van der Waals surface area contributed by atoms with Crippen LogP contribution in [0.2, 0.25) is 5.02 Å². The molecule has 0 amide bonds. The summed E-state index contributed by atoms with van der Waals surface area (Å²) in [5, 5.41) is 9.79. The Morgan fingerprint density at radius 3 is 2.85 bits per heavy atom. The molecule has 4 atom stereocenters. The summed E-state index contributed by atoms with van der Waals surface area (Å²) in [6, 6.07) is 2.40. The van der Waals surface area contributed by atoms with Crippen molar-refractivity contribution in [1.82, 2.24) is 14.9 Å². The summed E-state index contributed by atoms with van der Waals surface area (Å²) < 4.78 is 87.4. The Morgan fingerprint density at radius 2 is 2.07 bits per heavy atom. The number of alkyl halides is 3. The van der Waals surface area contributed by atoms with Gasteiger partial charge in [-0.3, -0.25) is 4.90 Å². The van der Waals surface area contributed by atoms with Crippen molar-refractivity contribution in [2.45, 2.75) is 62.3 Å². The van der Waals surface area contributed by atoms with Gasteiger partial charge in [0.25, 0.3) is 6.43 Å². The van der Waals surface area contributed by atoms with Gasteiger partial charge in [-0.25, -0.2) is 22.0 Å². The van der Waals surface area contributed by atoms with Crippen LogP contribution in [-0.4, -0.2) is 71.4 Å². The summed E-state index contributed by atoms with van der Waals surface area (Å²) in [6.45, 7) is 1.00. The molecule has 3 fully saturated rings. The number of hydrogen-bond acceptors (Lipinski definition) is 9. The fourth-order valence-electron chi connectivity index (χ4n) is 7.85. The van der Waals surface area contributed by atoms with Crippen molar-refractivity contribution in [3.05, 3.63) is 34.4 Å². The molecule has 4 aliphatic rings. The lowest BCUT2D eigenvalue weighted by Crippen LogP contribution is -2.44. The third-order valence-corrected chi connectivity index (χ3v) is 11.3. The van der Waals surface area contributed by atoms with Crippen molar-refractivity contribution in [2.75, 3.05) is 36.9 Å². The zero-order valence-corrected chi connectivity index (χ0v) is 25.7. The van der Waals surface area contributed by atoms with Crippen LogP contribution in [-0.2, 0) is 0 Å². The standard InChI is InChI=1S/C31H26ClF5N6O2S/c32-22-20(15-3-4-17(34)26-19(15)16(9-38)28(39)46-26)23(35)24-21-25(22)44-11-14-2-5-18(27(36)37)43(14)29(21)41-30(40-24)45-12-31-6-1-7-42(31)10-13(33)8-31/h3-4,13-14,18,27H,1-2,5-8,10-12,39H2/t13-,14?,18?,31+/m1/s1. The summed E-state index contributed by atoms with van der Waals surface area (Å²) >= 11 is 7.75. The van der Waals surface area contributed by atoms with E-state index in [1.54, 1.807) is 0 Å². The maximum atomic E-state index is 17.0. The molecular weight excluding hydrogens is 651 g/mol. The first-order chi connectivity index (χ1) is 22.1. The van der Waals surface area contributed by atoms with Gasteiger partial charge in [0.2, 0.25) is 0 Å². The Bertz CT molecular complexity index is 1970. The average molecular weight is 677 g/mol. The molecule has 2 unspecified atom stereocenters. The molecule has 0 aliphatic carbocycles. The SMILES string of the molecule is N#Cc1c(N)sc2c(F)ccc(-c3c(Cl)c4c5c(nc(OC[C@@]67CCCN6C[C@H](F)C7)nc5c3F)N3C(CCC3C(F)F)CO4)c12. The Balaban J connectivity index is 1.36. The highest BCUT2D eigenvalue weighted by Crippen LogP contribution is 2.52. The number of rotatable bonds is 5. The van der Waals surface area contributed by atoms with Gasteiger partial charge in [0, 0.05) is 23.9 Å². The molecule has 15 heteroatoms. The quantitative estimate of drug-likeness (QED) is 0.229. The maximum absolute atomic E-state index is 17.0. The molecule has 4 aliphatic heterocycles. The van der Waals surface area contributed by atoms with Gasteiger partial charge in [-0.15, -0.1) is 11.3 Å². The Morgan fingerprint density at radius 1 is 1.24 bits per heavy atom. The fourth-order valence-corrected chi connectivity index (χ4v) is 9.13. The van der Waals surface area contributed by atoms with E-state index < -0.39 is 41.9 Å². The van der Waals surface area contributed by atoms with Crippen LogP contribution in [0.3, 0.4) is 0 Å². The van der Waals surface area contributed by atoms with Crippen LogP contribution in [0.4, 0.5) is 32.8 Å². The molecule has 2 aromatic heterocycles. The van der Waals surface area contributed by atoms with Crippen LogP contribution in [0.25, 0.3) is 32.1 Å². The van der Waals surface area contributed by atoms with Crippen LogP contribution in [0, 0.1) is 23.0 Å². The Labute approximate surface area is 268 Å². The number of halogens is 6. The van der Waals surface area contributed by atoms with Gasteiger partial charge in [0.05, 0.1) is 38.3 Å². The van der Waals surface area contributed by atoms with Gasteiger partial charge in [0.1, 0.15) is 47.6 Å². The topological polar surface area (TPSA) is 101 Å². The summed E-state index contributed by atoms with van der Waals surface area (Å²) in [4.78, 5) is 12.5.